The van der Waals surface area contributed by atoms with Crippen molar-refractivity contribution in [2.45, 2.75) is 27.7 Å². The average molecular weight is 405 g/mol. The molecule has 29 heavy (non-hydrogen) atoms. The third-order valence-corrected chi connectivity index (χ3v) is 5.45. The smallest absolute Gasteiger partial charge is 0.272 e. The van der Waals surface area contributed by atoms with E-state index >= 15 is 0 Å². The molecule has 0 saturated carbocycles. The molecular formula is C24H24N2O2S. The number of hydrogen-bond acceptors (Lipinski definition) is 3. The number of anilines is 1. The number of amides is 2. The number of carbonyl (C=O) groups excluding carboxylic acids is 2. The van der Waals surface area contributed by atoms with Crippen LogP contribution in [-0.2, 0) is 4.79 Å². The fourth-order valence-electron chi connectivity index (χ4n) is 3.25. The SMILES string of the molecule is Cc1cc(C)c(NC(=O)/C(=C/c2cccs2)NC(=O)c2ccccc2C)c(C)c1. The summed E-state index contributed by atoms with van der Waals surface area (Å²) in [5.41, 5.74) is 5.47. The summed E-state index contributed by atoms with van der Waals surface area (Å²) in [7, 11) is 0. The van der Waals surface area contributed by atoms with Crippen LogP contribution in [0.5, 0.6) is 0 Å². The van der Waals surface area contributed by atoms with E-state index in [4.69, 9.17) is 0 Å². The zero-order chi connectivity index (χ0) is 21.0. The van der Waals surface area contributed by atoms with Gasteiger partial charge < -0.3 is 10.6 Å². The number of thiophene rings is 1. The number of rotatable bonds is 5. The molecule has 3 rings (SSSR count). The maximum Gasteiger partial charge on any atom is 0.272 e. The van der Waals surface area contributed by atoms with Crippen LogP contribution in [0.3, 0.4) is 0 Å². The Hall–Kier alpha value is -3.18. The van der Waals surface area contributed by atoms with Crippen molar-refractivity contribution in [2.24, 2.45) is 0 Å². The Morgan fingerprint density at radius 2 is 1.59 bits per heavy atom. The molecule has 0 radical (unpaired) electrons. The molecule has 0 saturated heterocycles. The standard InChI is InChI=1S/C24H24N2O2S/c1-15-12-17(3)22(18(4)13-15)26-24(28)21(14-19-9-7-11-29-19)25-23(27)20-10-6-5-8-16(20)2/h5-14H,1-4H3,(H,25,27)(H,26,28)/b21-14-. The Bertz CT molecular complexity index is 1060. The molecule has 0 spiro atoms. The van der Waals surface area contributed by atoms with Gasteiger partial charge in [0.15, 0.2) is 0 Å². The lowest BCUT2D eigenvalue weighted by atomic mass is 10.0. The summed E-state index contributed by atoms with van der Waals surface area (Å²) in [6, 6.07) is 15.2. The van der Waals surface area contributed by atoms with Crippen LogP contribution in [0.15, 0.2) is 59.6 Å². The summed E-state index contributed by atoms with van der Waals surface area (Å²) in [6.45, 7) is 7.82. The maximum absolute atomic E-state index is 13.1. The molecule has 1 aromatic heterocycles. The summed E-state index contributed by atoms with van der Waals surface area (Å²) in [6.07, 6.45) is 1.70. The first kappa shape index (κ1) is 20.6. The normalized spacial score (nSPS) is 11.2. The summed E-state index contributed by atoms with van der Waals surface area (Å²) in [5.74, 6) is -0.659. The molecule has 2 amide bonds. The highest BCUT2D eigenvalue weighted by molar-refractivity contribution is 7.10. The highest BCUT2D eigenvalue weighted by atomic mass is 32.1. The molecule has 148 valence electrons. The van der Waals surface area contributed by atoms with Crippen molar-refractivity contribution in [3.8, 4) is 0 Å². The Labute approximate surface area is 175 Å². The molecule has 2 aromatic carbocycles. The van der Waals surface area contributed by atoms with Gasteiger partial charge >= 0.3 is 0 Å². The van der Waals surface area contributed by atoms with E-state index in [1.165, 1.54) is 11.3 Å². The van der Waals surface area contributed by atoms with Crippen LogP contribution in [0.4, 0.5) is 5.69 Å². The number of nitrogens with one attached hydrogen (secondary N) is 2. The third kappa shape index (κ3) is 5.00. The van der Waals surface area contributed by atoms with Crippen molar-refractivity contribution in [1.29, 1.82) is 0 Å². The highest BCUT2D eigenvalue weighted by Crippen LogP contribution is 2.23. The van der Waals surface area contributed by atoms with E-state index in [-0.39, 0.29) is 17.5 Å². The molecule has 0 aliphatic rings. The minimum atomic E-state index is -0.351. The van der Waals surface area contributed by atoms with Gasteiger partial charge in [-0.05, 0) is 68.0 Å². The summed E-state index contributed by atoms with van der Waals surface area (Å²) in [5, 5.41) is 7.70. The Kier molecular flexibility index (Phi) is 6.29. The second kappa shape index (κ2) is 8.88. The lowest BCUT2D eigenvalue weighted by Gasteiger charge is -2.15. The first-order chi connectivity index (χ1) is 13.8. The van der Waals surface area contributed by atoms with E-state index in [2.05, 4.69) is 10.6 Å². The minimum absolute atomic E-state index is 0.208. The van der Waals surface area contributed by atoms with E-state index in [0.717, 1.165) is 32.8 Å². The second-order valence-corrected chi connectivity index (χ2v) is 8.05. The molecular weight excluding hydrogens is 380 g/mol. The Morgan fingerprint density at radius 1 is 0.897 bits per heavy atom. The van der Waals surface area contributed by atoms with Crippen LogP contribution in [0, 0.1) is 27.7 Å². The van der Waals surface area contributed by atoms with Crippen molar-refractivity contribution < 1.29 is 9.59 Å². The maximum atomic E-state index is 13.1. The average Bonchev–Trinajstić information content (AvgIpc) is 3.17. The van der Waals surface area contributed by atoms with Gasteiger partial charge in [0.25, 0.3) is 11.8 Å². The zero-order valence-corrected chi connectivity index (χ0v) is 17.8. The number of benzene rings is 2. The summed E-state index contributed by atoms with van der Waals surface area (Å²) >= 11 is 1.50. The second-order valence-electron chi connectivity index (χ2n) is 7.07. The first-order valence-corrected chi connectivity index (χ1v) is 10.2. The molecule has 0 unspecified atom stereocenters. The van der Waals surface area contributed by atoms with Crippen LogP contribution in [-0.4, -0.2) is 11.8 Å². The minimum Gasteiger partial charge on any atom is -0.320 e. The lowest BCUT2D eigenvalue weighted by molar-refractivity contribution is -0.113. The van der Waals surface area contributed by atoms with Gasteiger partial charge in [0.05, 0.1) is 0 Å². The highest BCUT2D eigenvalue weighted by Gasteiger charge is 2.18. The van der Waals surface area contributed by atoms with Crippen molar-refractivity contribution >= 4 is 34.9 Å². The van der Waals surface area contributed by atoms with Gasteiger partial charge in [0.2, 0.25) is 0 Å². The number of aryl methyl sites for hydroxylation is 4. The van der Waals surface area contributed by atoms with Gasteiger partial charge in [-0.2, -0.15) is 0 Å². The molecule has 4 nitrogen and oxygen atoms in total. The van der Waals surface area contributed by atoms with Crippen LogP contribution in [0.2, 0.25) is 0 Å². The topological polar surface area (TPSA) is 58.2 Å². The van der Waals surface area contributed by atoms with Crippen LogP contribution in [0.25, 0.3) is 6.08 Å². The van der Waals surface area contributed by atoms with Crippen molar-refractivity contribution in [3.63, 3.8) is 0 Å². The van der Waals surface area contributed by atoms with Gasteiger partial charge in [0, 0.05) is 16.1 Å². The molecule has 1 heterocycles. The van der Waals surface area contributed by atoms with Gasteiger partial charge in [-0.25, -0.2) is 0 Å². The summed E-state index contributed by atoms with van der Waals surface area (Å²) in [4.78, 5) is 26.8. The molecule has 0 bridgehead atoms. The van der Waals surface area contributed by atoms with Gasteiger partial charge in [-0.15, -0.1) is 11.3 Å². The monoisotopic (exact) mass is 404 g/mol. The van der Waals surface area contributed by atoms with Crippen molar-refractivity contribution in [1.82, 2.24) is 5.32 Å². The fourth-order valence-corrected chi connectivity index (χ4v) is 3.91. The van der Waals surface area contributed by atoms with Crippen molar-refractivity contribution in [3.05, 3.63) is 92.3 Å². The van der Waals surface area contributed by atoms with Crippen molar-refractivity contribution in [2.75, 3.05) is 5.32 Å². The van der Waals surface area contributed by atoms with Crippen LogP contribution < -0.4 is 10.6 Å². The zero-order valence-electron chi connectivity index (χ0n) is 17.0. The van der Waals surface area contributed by atoms with Gasteiger partial charge in [-0.3, -0.25) is 9.59 Å². The van der Waals surface area contributed by atoms with E-state index in [1.54, 1.807) is 12.1 Å². The molecule has 3 aromatic rings. The number of hydrogen-bond donors (Lipinski definition) is 2. The van der Waals surface area contributed by atoms with Crippen LogP contribution >= 0.6 is 11.3 Å². The largest absolute Gasteiger partial charge is 0.320 e. The molecule has 0 aliphatic heterocycles. The van der Waals surface area contributed by atoms with E-state index in [1.807, 2.05) is 75.5 Å². The quantitative estimate of drug-likeness (QED) is 0.560. The molecule has 0 aliphatic carbocycles. The molecule has 2 N–H and O–H groups in total. The van der Waals surface area contributed by atoms with E-state index in [0.29, 0.717) is 5.56 Å². The van der Waals surface area contributed by atoms with Gasteiger partial charge in [-0.1, -0.05) is 42.0 Å². The van der Waals surface area contributed by atoms with Crippen LogP contribution in [0.1, 0.15) is 37.5 Å². The predicted octanol–water partition coefficient (Wildman–Crippen LogP) is 5.39. The predicted molar refractivity (Wildman–Crippen MR) is 120 cm³/mol. The third-order valence-electron chi connectivity index (χ3n) is 4.63. The lowest BCUT2D eigenvalue weighted by Crippen LogP contribution is -2.31. The fraction of sp³-hybridized carbons (Fsp3) is 0.167. The summed E-state index contributed by atoms with van der Waals surface area (Å²) < 4.78 is 0. The Balaban J connectivity index is 1.91. The Morgan fingerprint density at radius 3 is 2.21 bits per heavy atom. The number of carbonyl (C=O) groups is 2. The van der Waals surface area contributed by atoms with Gasteiger partial charge in [0.1, 0.15) is 5.70 Å². The molecule has 0 fully saturated rings. The molecule has 5 heteroatoms. The van der Waals surface area contributed by atoms with E-state index in [9.17, 15) is 9.59 Å². The first-order valence-electron chi connectivity index (χ1n) is 9.36. The molecule has 0 atom stereocenters. The van der Waals surface area contributed by atoms with E-state index < -0.39 is 0 Å².